The number of carbonyl (C=O) groups is 1. The van der Waals surface area contributed by atoms with Crippen molar-refractivity contribution >= 4 is 32.9 Å². The number of nitrogens with zero attached hydrogens (tertiary/aromatic N) is 5. The van der Waals surface area contributed by atoms with E-state index in [1.807, 2.05) is 0 Å². The third-order valence-electron chi connectivity index (χ3n) is 4.84. The number of piperidine rings is 1. The summed E-state index contributed by atoms with van der Waals surface area (Å²) in [5.41, 5.74) is -2.30. The highest BCUT2D eigenvalue weighted by atomic mass is 32.1. The second-order valence-electron chi connectivity index (χ2n) is 6.93. The fraction of sp³-hybridized carbons (Fsp3) is 0.389. The molecule has 0 atom stereocenters. The van der Waals surface area contributed by atoms with Crippen molar-refractivity contribution in [3.05, 3.63) is 35.9 Å². The van der Waals surface area contributed by atoms with Crippen LogP contribution in [0.5, 0.6) is 5.88 Å². The molecule has 1 amide bonds. The van der Waals surface area contributed by atoms with E-state index in [9.17, 15) is 23.1 Å². The number of hydrogen-bond donors (Lipinski definition) is 2. The average molecular weight is 470 g/mol. The lowest BCUT2D eigenvalue weighted by atomic mass is 9.88. The van der Waals surface area contributed by atoms with E-state index in [1.165, 1.54) is 30.6 Å². The lowest BCUT2D eigenvalue weighted by molar-refractivity contribution is -0.151. The lowest BCUT2D eigenvalue weighted by Crippen LogP contribution is -2.44. The maximum absolute atomic E-state index is 12.9. The lowest BCUT2D eigenvalue weighted by Gasteiger charge is -2.36. The summed E-state index contributed by atoms with van der Waals surface area (Å²) in [6.45, 7) is 0.196. The van der Waals surface area contributed by atoms with Gasteiger partial charge in [-0.25, -0.2) is 19.7 Å². The number of amides is 1. The zero-order valence-electron chi connectivity index (χ0n) is 16.6. The Kier molecular flexibility index (Phi) is 5.83. The van der Waals surface area contributed by atoms with E-state index < -0.39 is 23.6 Å². The minimum absolute atomic E-state index is 0.0303. The van der Waals surface area contributed by atoms with Crippen molar-refractivity contribution < 1.29 is 32.6 Å². The third kappa shape index (κ3) is 4.56. The van der Waals surface area contributed by atoms with Crippen molar-refractivity contribution in [3.63, 3.8) is 0 Å². The molecule has 0 bridgehead atoms. The van der Waals surface area contributed by atoms with Gasteiger partial charge in [-0.1, -0.05) is 17.4 Å². The molecular formula is C18H17F3N6O4S. The van der Waals surface area contributed by atoms with Gasteiger partial charge in [0, 0.05) is 13.1 Å². The summed E-state index contributed by atoms with van der Waals surface area (Å²) in [7, 11) is 1.44. The summed E-state index contributed by atoms with van der Waals surface area (Å²) in [5.74, 6) is 0.270. The van der Waals surface area contributed by atoms with Gasteiger partial charge in [0.15, 0.2) is 15.5 Å². The number of aliphatic hydroxyl groups is 1. The predicted molar refractivity (Wildman–Crippen MR) is 106 cm³/mol. The molecule has 1 aliphatic heterocycles. The third-order valence-corrected chi connectivity index (χ3v) is 5.72. The van der Waals surface area contributed by atoms with E-state index in [0.29, 0.717) is 10.3 Å². The Balaban J connectivity index is 1.36. The molecular weight excluding hydrogens is 453 g/mol. The van der Waals surface area contributed by atoms with Gasteiger partial charge < -0.3 is 14.7 Å². The zero-order valence-corrected chi connectivity index (χ0v) is 17.4. The molecule has 4 heterocycles. The van der Waals surface area contributed by atoms with Crippen LogP contribution in [-0.4, -0.2) is 56.4 Å². The molecule has 1 fully saturated rings. The van der Waals surface area contributed by atoms with Crippen LogP contribution in [0, 0.1) is 0 Å². The number of aromatic nitrogens is 4. The Morgan fingerprint density at radius 1 is 1.25 bits per heavy atom. The van der Waals surface area contributed by atoms with Gasteiger partial charge in [0.25, 0.3) is 0 Å². The summed E-state index contributed by atoms with van der Waals surface area (Å²) in [4.78, 5) is 33.7. The molecule has 0 unspecified atom stereocenters. The number of halogens is 3. The zero-order chi connectivity index (χ0) is 22.9. The molecule has 2 N–H and O–H groups in total. The fourth-order valence-corrected chi connectivity index (χ4v) is 4.00. The number of thiazole rings is 1. The largest absolute Gasteiger partial charge is 0.479 e. The Hall–Kier alpha value is -3.10. The average Bonchev–Trinajstić information content (AvgIpc) is 3.17. The number of methoxy groups -OCH3 is 1. The van der Waals surface area contributed by atoms with Gasteiger partial charge in [0.05, 0.1) is 12.8 Å². The number of ether oxygens (including phenoxy) is 1. The quantitative estimate of drug-likeness (QED) is 0.592. The molecule has 14 heteroatoms. The molecule has 0 radical (unpaired) electrons. The molecule has 0 saturated carbocycles. The highest BCUT2D eigenvalue weighted by Crippen LogP contribution is 2.35. The molecule has 3 aromatic heterocycles. The van der Waals surface area contributed by atoms with Crippen LogP contribution in [0.4, 0.5) is 23.1 Å². The number of anilines is 1. The number of alkyl halides is 3. The van der Waals surface area contributed by atoms with Gasteiger partial charge in [-0.15, -0.1) is 5.06 Å². The molecule has 0 spiro atoms. The molecule has 0 aromatic carbocycles. The van der Waals surface area contributed by atoms with Gasteiger partial charge >= 0.3 is 12.3 Å². The molecule has 1 aliphatic rings. The smallest absolute Gasteiger partial charge is 0.433 e. The van der Waals surface area contributed by atoms with E-state index in [-0.39, 0.29) is 42.6 Å². The van der Waals surface area contributed by atoms with Gasteiger partial charge in [0.2, 0.25) is 5.88 Å². The highest BCUT2D eigenvalue weighted by Gasteiger charge is 2.39. The minimum atomic E-state index is -4.61. The van der Waals surface area contributed by atoms with Gasteiger partial charge in [-0.3, -0.25) is 5.32 Å². The predicted octanol–water partition coefficient (Wildman–Crippen LogP) is 2.96. The van der Waals surface area contributed by atoms with Crippen molar-refractivity contribution in [2.24, 2.45) is 0 Å². The Bertz CT molecular complexity index is 1130. The molecule has 4 rings (SSSR count). The molecule has 0 aliphatic carbocycles. The number of pyridine rings is 1. The van der Waals surface area contributed by atoms with Gasteiger partial charge in [-0.05, 0) is 25.0 Å². The first kappa shape index (κ1) is 22.1. The number of nitrogens with one attached hydrogen (secondary N) is 1. The monoisotopic (exact) mass is 470 g/mol. The van der Waals surface area contributed by atoms with Crippen LogP contribution in [0.3, 0.4) is 0 Å². The number of rotatable bonds is 4. The molecule has 3 aromatic rings. The number of carbonyl (C=O) groups excluding carboxylic acids is 1. The second kappa shape index (κ2) is 8.44. The maximum Gasteiger partial charge on any atom is 0.433 e. The highest BCUT2D eigenvalue weighted by molar-refractivity contribution is 7.22. The van der Waals surface area contributed by atoms with E-state index in [4.69, 9.17) is 9.57 Å². The van der Waals surface area contributed by atoms with Crippen molar-refractivity contribution in [2.45, 2.75) is 24.6 Å². The van der Waals surface area contributed by atoms with E-state index in [2.05, 4.69) is 25.3 Å². The summed E-state index contributed by atoms with van der Waals surface area (Å²) in [6, 6.07) is 3.40. The van der Waals surface area contributed by atoms with Crippen molar-refractivity contribution in [1.82, 2.24) is 25.0 Å². The van der Waals surface area contributed by atoms with E-state index in [1.54, 1.807) is 0 Å². The normalized spacial score (nSPS) is 16.7. The molecule has 170 valence electrons. The van der Waals surface area contributed by atoms with E-state index in [0.717, 1.165) is 17.4 Å². The van der Waals surface area contributed by atoms with Crippen LogP contribution < -0.4 is 10.1 Å². The Morgan fingerprint density at radius 3 is 2.69 bits per heavy atom. The summed E-state index contributed by atoms with van der Waals surface area (Å²) >= 11 is 1.10. The summed E-state index contributed by atoms with van der Waals surface area (Å²) in [6.07, 6.45) is -4.04. The summed E-state index contributed by atoms with van der Waals surface area (Å²) in [5, 5.41) is 14.8. The second-order valence-corrected chi connectivity index (χ2v) is 7.90. The fourth-order valence-electron chi connectivity index (χ4n) is 3.22. The van der Waals surface area contributed by atoms with Crippen LogP contribution in [0.2, 0.25) is 0 Å². The van der Waals surface area contributed by atoms with Crippen LogP contribution in [0.15, 0.2) is 24.5 Å². The Labute approximate surface area is 183 Å². The summed E-state index contributed by atoms with van der Waals surface area (Å²) < 4.78 is 43.9. The van der Waals surface area contributed by atoms with Crippen molar-refractivity contribution in [3.8, 4) is 5.88 Å². The van der Waals surface area contributed by atoms with Crippen molar-refractivity contribution in [1.29, 1.82) is 0 Å². The first-order valence-electron chi connectivity index (χ1n) is 9.34. The number of hydroxylamine groups is 2. The topological polar surface area (TPSA) is 123 Å². The Morgan fingerprint density at radius 2 is 2.00 bits per heavy atom. The first-order chi connectivity index (χ1) is 15.2. The molecule has 1 saturated heterocycles. The van der Waals surface area contributed by atoms with Gasteiger partial charge in [-0.2, -0.15) is 18.2 Å². The SMILES string of the molecule is COc1ncnc2sc(NC(=O)ON3CCC(O)(c4cccc(C(F)(F)F)n4)CC3)nc12. The van der Waals surface area contributed by atoms with Crippen LogP contribution >= 0.6 is 11.3 Å². The van der Waals surface area contributed by atoms with Crippen LogP contribution in [-0.2, 0) is 16.6 Å². The number of fused-ring (bicyclic) bond motifs is 1. The van der Waals surface area contributed by atoms with Crippen LogP contribution in [0.1, 0.15) is 24.2 Å². The molecule has 10 nitrogen and oxygen atoms in total. The minimum Gasteiger partial charge on any atom is -0.479 e. The number of hydrogen-bond acceptors (Lipinski definition) is 10. The van der Waals surface area contributed by atoms with E-state index >= 15 is 0 Å². The first-order valence-corrected chi connectivity index (χ1v) is 10.2. The van der Waals surface area contributed by atoms with Gasteiger partial charge in [0.1, 0.15) is 17.6 Å². The van der Waals surface area contributed by atoms with Crippen LogP contribution in [0.25, 0.3) is 10.3 Å². The van der Waals surface area contributed by atoms with Crippen molar-refractivity contribution in [2.75, 3.05) is 25.5 Å². The molecule has 32 heavy (non-hydrogen) atoms. The maximum atomic E-state index is 12.9. The standard InChI is InChI=1S/C18H17F3N6O4S/c1-30-13-12-14(23-9-22-13)32-15(25-12)26-16(28)31-27-7-5-17(29,6-8-27)10-3-2-4-11(24-10)18(19,20)21/h2-4,9,29H,5-8H2,1H3,(H,25,26,28).